The molecule has 0 aromatic carbocycles. The average molecular weight is 263 g/mol. The second kappa shape index (κ2) is 5.01. The third kappa shape index (κ3) is 2.84. The Kier molecular flexibility index (Phi) is 3.41. The van der Waals surface area contributed by atoms with Gasteiger partial charge in [0.2, 0.25) is 5.89 Å². The van der Waals surface area contributed by atoms with Crippen molar-refractivity contribution in [1.82, 2.24) is 15.1 Å². The third-order valence-corrected chi connectivity index (χ3v) is 2.58. The van der Waals surface area contributed by atoms with Crippen LogP contribution in [0.5, 0.6) is 0 Å². The fourth-order valence-corrected chi connectivity index (χ4v) is 1.64. The first-order valence-corrected chi connectivity index (χ1v) is 5.59. The van der Waals surface area contributed by atoms with Gasteiger partial charge in [-0.1, -0.05) is 5.16 Å². The molecule has 2 heterocycles. The van der Waals surface area contributed by atoms with Gasteiger partial charge < -0.3 is 9.42 Å². The minimum atomic E-state index is -0.450. The van der Waals surface area contributed by atoms with Crippen LogP contribution in [0.15, 0.2) is 16.7 Å². The van der Waals surface area contributed by atoms with Gasteiger partial charge in [-0.25, -0.2) is 4.98 Å². The predicted octanol–water partition coefficient (Wildman–Crippen LogP) is 1.63. The molecule has 2 aromatic heterocycles. The Morgan fingerprint density at radius 3 is 2.63 bits per heavy atom. The van der Waals surface area contributed by atoms with Crippen molar-refractivity contribution in [3.63, 3.8) is 0 Å². The fourth-order valence-electron chi connectivity index (χ4n) is 1.64. The Hall–Kier alpha value is -2.51. The van der Waals surface area contributed by atoms with E-state index in [0.717, 1.165) is 0 Å². The molecule has 0 N–H and O–H groups in total. The monoisotopic (exact) mass is 263 g/mol. The summed E-state index contributed by atoms with van der Waals surface area (Å²) in [4.78, 5) is 20.3. The molecule has 2 aromatic rings. The number of nitrogens with zero attached hydrogens (tertiary/aromatic N) is 5. The van der Waals surface area contributed by atoms with E-state index in [1.54, 1.807) is 31.9 Å². The van der Waals surface area contributed by atoms with E-state index < -0.39 is 4.92 Å². The van der Waals surface area contributed by atoms with Gasteiger partial charge in [0.05, 0.1) is 11.5 Å². The molecule has 0 amide bonds. The molecule has 8 heteroatoms. The molecule has 19 heavy (non-hydrogen) atoms. The lowest BCUT2D eigenvalue weighted by atomic mass is 10.3. The minimum absolute atomic E-state index is 0.00700. The Balaban J connectivity index is 2.17. The molecule has 0 radical (unpaired) electrons. The highest BCUT2D eigenvalue weighted by Gasteiger charge is 2.14. The number of aromatic nitrogens is 3. The van der Waals surface area contributed by atoms with Crippen molar-refractivity contribution in [2.24, 2.45) is 0 Å². The Morgan fingerprint density at radius 2 is 2.11 bits per heavy atom. The number of aryl methyl sites for hydroxylation is 2. The van der Waals surface area contributed by atoms with E-state index in [9.17, 15) is 10.1 Å². The first-order valence-electron chi connectivity index (χ1n) is 5.59. The predicted molar refractivity (Wildman–Crippen MR) is 66.8 cm³/mol. The molecule has 8 nitrogen and oxygen atoms in total. The van der Waals surface area contributed by atoms with E-state index in [2.05, 4.69) is 15.1 Å². The summed E-state index contributed by atoms with van der Waals surface area (Å²) in [6, 6.07) is 3.04. The zero-order chi connectivity index (χ0) is 14.0. The van der Waals surface area contributed by atoms with Gasteiger partial charge in [-0.15, -0.1) is 0 Å². The smallest absolute Gasteiger partial charge is 0.290 e. The zero-order valence-electron chi connectivity index (χ0n) is 10.8. The number of pyridine rings is 1. The van der Waals surface area contributed by atoms with Gasteiger partial charge in [0, 0.05) is 20.0 Å². The van der Waals surface area contributed by atoms with Crippen LogP contribution >= 0.6 is 0 Å². The van der Waals surface area contributed by atoms with Gasteiger partial charge in [0.15, 0.2) is 5.82 Å². The molecule has 2 rings (SSSR count). The molecule has 0 saturated carbocycles. The second-order valence-electron chi connectivity index (χ2n) is 4.12. The van der Waals surface area contributed by atoms with Gasteiger partial charge >= 0.3 is 0 Å². The van der Waals surface area contributed by atoms with Gasteiger partial charge in [0.1, 0.15) is 11.5 Å². The van der Waals surface area contributed by atoms with Crippen LogP contribution in [0.2, 0.25) is 0 Å². The molecule has 0 aliphatic carbocycles. The molecule has 0 spiro atoms. The molecular weight excluding hydrogens is 250 g/mol. The van der Waals surface area contributed by atoms with E-state index in [4.69, 9.17) is 4.52 Å². The van der Waals surface area contributed by atoms with E-state index in [0.29, 0.717) is 29.8 Å². The topological polar surface area (TPSA) is 98.2 Å². The highest BCUT2D eigenvalue weighted by atomic mass is 16.6. The quantitative estimate of drug-likeness (QED) is 0.610. The van der Waals surface area contributed by atoms with Crippen molar-refractivity contribution < 1.29 is 9.45 Å². The summed E-state index contributed by atoms with van der Waals surface area (Å²) >= 11 is 0. The summed E-state index contributed by atoms with van der Waals surface area (Å²) in [6.07, 6.45) is 0. The number of rotatable bonds is 4. The summed E-state index contributed by atoms with van der Waals surface area (Å²) in [5.74, 6) is 1.65. The Bertz CT molecular complexity index is 610. The van der Waals surface area contributed by atoms with Crippen molar-refractivity contribution in [3.8, 4) is 0 Å². The highest BCUT2D eigenvalue weighted by molar-refractivity contribution is 5.46. The lowest BCUT2D eigenvalue weighted by Crippen LogP contribution is -2.19. The maximum Gasteiger partial charge on any atom is 0.290 e. The molecule has 100 valence electrons. The average Bonchev–Trinajstić information content (AvgIpc) is 2.74. The molecule has 0 aliphatic rings. The van der Waals surface area contributed by atoms with Gasteiger partial charge in [-0.2, -0.15) is 4.98 Å². The molecule has 0 bridgehead atoms. The number of nitro groups is 1. The Labute approximate surface area is 109 Å². The van der Waals surface area contributed by atoms with E-state index in [1.165, 1.54) is 6.07 Å². The summed E-state index contributed by atoms with van der Waals surface area (Å²) in [5.41, 5.74) is 0.381. The molecule has 0 saturated heterocycles. The third-order valence-electron chi connectivity index (χ3n) is 2.58. The summed E-state index contributed by atoms with van der Waals surface area (Å²) in [5, 5.41) is 14.5. The zero-order valence-corrected chi connectivity index (χ0v) is 10.8. The molecule has 0 atom stereocenters. The maximum atomic E-state index is 10.7. The standard InChI is InChI=1S/C11H13N5O3/c1-7-9(16(17)18)4-5-11(12-7)15(3)6-10-13-8(2)19-14-10/h4-5H,6H2,1-3H3. The highest BCUT2D eigenvalue weighted by Crippen LogP contribution is 2.20. The van der Waals surface area contributed by atoms with Crippen molar-refractivity contribution in [1.29, 1.82) is 0 Å². The second-order valence-corrected chi connectivity index (χ2v) is 4.12. The lowest BCUT2D eigenvalue weighted by molar-refractivity contribution is -0.385. The van der Waals surface area contributed by atoms with Crippen molar-refractivity contribution in [2.75, 3.05) is 11.9 Å². The molecule has 0 aliphatic heterocycles. The molecule has 0 unspecified atom stereocenters. The van der Waals surface area contributed by atoms with Crippen molar-refractivity contribution >= 4 is 11.5 Å². The minimum Gasteiger partial charge on any atom is -0.352 e. The molecular formula is C11H13N5O3. The van der Waals surface area contributed by atoms with Crippen LogP contribution in [0.1, 0.15) is 17.4 Å². The first kappa shape index (κ1) is 12.9. The van der Waals surface area contributed by atoms with Crippen LogP contribution in [-0.2, 0) is 6.54 Å². The van der Waals surface area contributed by atoms with Crippen molar-refractivity contribution in [3.05, 3.63) is 39.7 Å². The number of hydrogen-bond acceptors (Lipinski definition) is 7. The van der Waals surface area contributed by atoms with Crippen LogP contribution in [0.4, 0.5) is 11.5 Å². The van der Waals surface area contributed by atoms with Gasteiger partial charge in [0.25, 0.3) is 5.69 Å². The molecule has 0 fully saturated rings. The maximum absolute atomic E-state index is 10.7. The van der Waals surface area contributed by atoms with E-state index >= 15 is 0 Å². The Morgan fingerprint density at radius 1 is 1.37 bits per heavy atom. The first-order chi connectivity index (χ1) is 8.97. The largest absolute Gasteiger partial charge is 0.352 e. The number of hydrogen-bond donors (Lipinski definition) is 0. The van der Waals surface area contributed by atoms with E-state index in [-0.39, 0.29) is 5.69 Å². The number of anilines is 1. The van der Waals surface area contributed by atoms with E-state index in [1.807, 2.05) is 0 Å². The van der Waals surface area contributed by atoms with Crippen molar-refractivity contribution in [2.45, 2.75) is 20.4 Å². The summed E-state index contributed by atoms with van der Waals surface area (Å²) in [6.45, 7) is 3.74. The van der Waals surface area contributed by atoms with Crippen LogP contribution in [0, 0.1) is 24.0 Å². The fraction of sp³-hybridized carbons (Fsp3) is 0.364. The summed E-state index contributed by atoms with van der Waals surface area (Å²) in [7, 11) is 1.80. The SMILES string of the molecule is Cc1nc(CN(C)c2ccc([N+](=O)[O-])c(C)n2)no1. The van der Waals surface area contributed by atoms with Crippen LogP contribution in [0.3, 0.4) is 0 Å². The normalized spacial score (nSPS) is 10.5. The summed E-state index contributed by atoms with van der Waals surface area (Å²) < 4.78 is 4.88. The lowest BCUT2D eigenvalue weighted by Gasteiger charge is -2.16. The van der Waals surface area contributed by atoms with Gasteiger partial charge in [-0.3, -0.25) is 10.1 Å². The van der Waals surface area contributed by atoms with Gasteiger partial charge in [-0.05, 0) is 13.0 Å². The van der Waals surface area contributed by atoms with Crippen LogP contribution in [-0.4, -0.2) is 27.1 Å². The van der Waals surface area contributed by atoms with Crippen LogP contribution in [0.25, 0.3) is 0 Å². The van der Waals surface area contributed by atoms with Crippen LogP contribution < -0.4 is 4.90 Å².